The van der Waals surface area contributed by atoms with Crippen LogP contribution in [0.1, 0.15) is 18.2 Å². The van der Waals surface area contributed by atoms with Crippen LogP contribution in [-0.4, -0.2) is 36.4 Å². The van der Waals surface area contributed by atoms with Crippen molar-refractivity contribution in [2.75, 3.05) is 17.3 Å². The van der Waals surface area contributed by atoms with E-state index in [4.69, 9.17) is 18.0 Å². The van der Waals surface area contributed by atoms with E-state index in [0.29, 0.717) is 16.4 Å². The van der Waals surface area contributed by atoms with E-state index in [9.17, 15) is 8.42 Å². The third-order valence-electron chi connectivity index (χ3n) is 2.18. The predicted molar refractivity (Wildman–Crippen MR) is 77.7 cm³/mol. The van der Waals surface area contributed by atoms with Gasteiger partial charge in [0.15, 0.2) is 0 Å². The topological polar surface area (TPSA) is 85.1 Å². The highest BCUT2D eigenvalue weighted by Gasteiger charge is 2.11. The number of nitrogens with one attached hydrogen (secondary N) is 1. The Bertz CT molecular complexity index is 555. The molecule has 0 saturated heterocycles. The zero-order chi connectivity index (χ0) is 13.9. The Morgan fingerprint density at radius 2 is 2.17 bits per heavy atom. The monoisotopic (exact) mass is 287 g/mol. The molecule has 0 saturated carbocycles. The molecule has 1 unspecified atom stereocenters. The van der Waals surface area contributed by atoms with Gasteiger partial charge in [-0.3, -0.25) is 0 Å². The maximum Gasteiger partial charge on any atom is 0.149 e. The molecule has 5 nitrogen and oxygen atoms in total. The minimum Gasteiger partial charge on any atom is -0.389 e. The Morgan fingerprint density at radius 3 is 2.67 bits per heavy atom. The van der Waals surface area contributed by atoms with Gasteiger partial charge in [-0.2, -0.15) is 0 Å². The number of sulfone groups is 1. The largest absolute Gasteiger partial charge is 0.389 e. The van der Waals surface area contributed by atoms with Crippen LogP contribution in [0.25, 0.3) is 0 Å². The number of nitrogens with two attached hydrogens (primary N) is 1. The molecule has 0 aliphatic heterocycles. The van der Waals surface area contributed by atoms with Crippen molar-refractivity contribution in [3.05, 3.63) is 23.4 Å². The molecule has 1 atom stereocenters. The van der Waals surface area contributed by atoms with Gasteiger partial charge >= 0.3 is 0 Å². The third-order valence-corrected chi connectivity index (χ3v) is 3.53. The molecule has 3 N–H and O–H groups in total. The quantitative estimate of drug-likeness (QED) is 0.782. The zero-order valence-electron chi connectivity index (χ0n) is 10.6. The van der Waals surface area contributed by atoms with Gasteiger partial charge in [0.05, 0.1) is 5.75 Å². The molecule has 7 heteroatoms. The lowest BCUT2D eigenvalue weighted by Crippen LogP contribution is -2.25. The Balaban J connectivity index is 2.88. The number of hydrogen-bond acceptors (Lipinski definition) is 5. The van der Waals surface area contributed by atoms with Crippen LogP contribution < -0.4 is 11.1 Å². The highest BCUT2D eigenvalue weighted by Crippen LogP contribution is 2.11. The zero-order valence-corrected chi connectivity index (χ0v) is 12.2. The van der Waals surface area contributed by atoms with Crippen LogP contribution in [0.2, 0.25) is 0 Å². The van der Waals surface area contributed by atoms with E-state index in [0.717, 1.165) is 5.69 Å². The first-order chi connectivity index (χ1) is 8.17. The van der Waals surface area contributed by atoms with Gasteiger partial charge in [0.1, 0.15) is 20.6 Å². The molecule has 1 aromatic heterocycles. The smallest absolute Gasteiger partial charge is 0.149 e. The molecule has 0 fully saturated rings. The van der Waals surface area contributed by atoms with Crippen LogP contribution >= 0.6 is 12.2 Å². The van der Waals surface area contributed by atoms with Crippen LogP contribution in [0.4, 0.5) is 5.82 Å². The van der Waals surface area contributed by atoms with Crippen LogP contribution in [0, 0.1) is 6.92 Å². The van der Waals surface area contributed by atoms with Gasteiger partial charge < -0.3 is 11.1 Å². The first kappa shape index (κ1) is 14.8. The summed E-state index contributed by atoms with van der Waals surface area (Å²) in [5.41, 5.74) is 7.05. The van der Waals surface area contributed by atoms with Gasteiger partial charge in [0, 0.05) is 23.6 Å². The number of pyridine rings is 1. The summed E-state index contributed by atoms with van der Waals surface area (Å²) in [6.07, 6.45) is 1.20. The molecule has 0 spiro atoms. The van der Waals surface area contributed by atoms with Crippen molar-refractivity contribution in [3.63, 3.8) is 0 Å². The van der Waals surface area contributed by atoms with Gasteiger partial charge in [0.25, 0.3) is 0 Å². The van der Waals surface area contributed by atoms with Crippen molar-refractivity contribution in [1.29, 1.82) is 0 Å². The Kier molecular flexibility index (Phi) is 4.64. The summed E-state index contributed by atoms with van der Waals surface area (Å²) in [5, 5.41) is 3.03. The van der Waals surface area contributed by atoms with E-state index >= 15 is 0 Å². The summed E-state index contributed by atoms with van der Waals surface area (Å²) in [4.78, 5) is 4.56. The van der Waals surface area contributed by atoms with E-state index in [1.54, 1.807) is 19.1 Å². The maximum absolute atomic E-state index is 11.2. The van der Waals surface area contributed by atoms with Crippen molar-refractivity contribution in [2.45, 2.75) is 19.9 Å². The van der Waals surface area contributed by atoms with Gasteiger partial charge in [-0.05, 0) is 26.0 Å². The average Bonchev–Trinajstić information content (AvgIpc) is 2.12. The normalized spacial score (nSPS) is 13.1. The predicted octanol–water partition coefficient (Wildman–Crippen LogP) is 0.869. The molecule has 0 aliphatic rings. The molecular formula is C11H17N3O2S2. The standard InChI is InChI=1S/C11H17N3O2S2/c1-7-4-9(11(12)17)5-10(13-7)14-8(2)6-18(3,15)16/h4-5,8H,6H2,1-3H3,(H2,12,17)(H,13,14). The number of anilines is 1. The number of rotatable bonds is 5. The van der Waals surface area contributed by atoms with Crippen molar-refractivity contribution in [3.8, 4) is 0 Å². The number of nitrogens with zero attached hydrogens (tertiary/aromatic N) is 1. The summed E-state index contributed by atoms with van der Waals surface area (Å²) in [7, 11) is -3.02. The Morgan fingerprint density at radius 1 is 1.56 bits per heavy atom. The van der Waals surface area contributed by atoms with Gasteiger partial charge in [-0.1, -0.05) is 12.2 Å². The fourth-order valence-electron chi connectivity index (χ4n) is 1.63. The summed E-state index contributed by atoms with van der Waals surface area (Å²) in [5.74, 6) is 0.624. The molecule has 1 rings (SSSR count). The second kappa shape index (κ2) is 5.62. The lowest BCUT2D eigenvalue weighted by atomic mass is 10.2. The first-order valence-corrected chi connectivity index (χ1v) is 7.87. The van der Waals surface area contributed by atoms with E-state index in [1.165, 1.54) is 6.26 Å². The molecule has 1 aromatic rings. The molecule has 0 aliphatic carbocycles. The van der Waals surface area contributed by atoms with Crippen LogP contribution in [0.5, 0.6) is 0 Å². The van der Waals surface area contributed by atoms with Crippen molar-refractivity contribution >= 4 is 32.9 Å². The fourth-order valence-corrected chi connectivity index (χ4v) is 2.74. The van der Waals surface area contributed by atoms with E-state index in [1.807, 2.05) is 6.92 Å². The average molecular weight is 287 g/mol. The highest BCUT2D eigenvalue weighted by molar-refractivity contribution is 7.90. The molecule has 100 valence electrons. The van der Waals surface area contributed by atoms with Crippen LogP contribution in [-0.2, 0) is 9.84 Å². The van der Waals surface area contributed by atoms with E-state index in [-0.39, 0.29) is 11.8 Å². The molecule has 0 bridgehead atoms. The second-order valence-corrected chi connectivity index (χ2v) is 7.01. The number of hydrogen-bond donors (Lipinski definition) is 2. The highest BCUT2D eigenvalue weighted by atomic mass is 32.2. The van der Waals surface area contributed by atoms with E-state index < -0.39 is 9.84 Å². The van der Waals surface area contributed by atoms with Crippen molar-refractivity contribution in [1.82, 2.24) is 4.98 Å². The number of aromatic nitrogens is 1. The lowest BCUT2D eigenvalue weighted by molar-refractivity contribution is 0.598. The Labute approximate surface area is 113 Å². The fraction of sp³-hybridized carbons (Fsp3) is 0.455. The molecule has 18 heavy (non-hydrogen) atoms. The van der Waals surface area contributed by atoms with E-state index in [2.05, 4.69) is 10.3 Å². The van der Waals surface area contributed by atoms with Gasteiger partial charge in [-0.15, -0.1) is 0 Å². The minimum atomic E-state index is -3.02. The first-order valence-electron chi connectivity index (χ1n) is 5.40. The Hall–Kier alpha value is -1.21. The maximum atomic E-state index is 11.2. The number of aryl methyl sites for hydroxylation is 1. The lowest BCUT2D eigenvalue weighted by Gasteiger charge is -2.14. The summed E-state index contributed by atoms with van der Waals surface area (Å²) >= 11 is 4.91. The summed E-state index contributed by atoms with van der Waals surface area (Å²) < 4.78 is 22.3. The second-order valence-electron chi connectivity index (χ2n) is 4.38. The molecule has 0 aromatic carbocycles. The third kappa shape index (κ3) is 4.97. The molecule has 0 amide bonds. The van der Waals surface area contributed by atoms with Crippen LogP contribution in [0.3, 0.4) is 0 Å². The van der Waals surface area contributed by atoms with Crippen molar-refractivity contribution in [2.24, 2.45) is 5.73 Å². The number of thiocarbonyl (C=S) groups is 1. The summed E-state index contributed by atoms with van der Waals surface area (Å²) in [6.45, 7) is 3.61. The summed E-state index contributed by atoms with van der Waals surface area (Å²) in [6, 6.07) is 3.27. The van der Waals surface area contributed by atoms with Gasteiger partial charge in [-0.25, -0.2) is 13.4 Å². The van der Waals surface area contributed by atoms with Crippen LogP contribution in [0.15, 0.2) is 12.1 Å². The molecular weight excluding hydrogens is 270 g/mol. The minimum absolute atomic E-state index is 0.0467. The molecule has 1 heterocycles. The molecule has 0 radical (unpaired) electrons. The SMILES string of the molecule is Cc1cc(C(N)=S)cc(NC(C)CS(C)(=O)=O)n1. The van der Waals surface area contributed by atoms with Crippen molar-refractivity contribution < 1.29 is 8.42 Å². The van der Waals surface area contributed by atoms with Gasteiger partial charge in [0.2, 0.25) is 0 Å².